The van der Waals surface area contributed by atoms with Crippen LogP contribution in [0, 0.1) is 0 Å². The van der Waals surface area contributed by atoms with Crippen LogP contribution in [0.25, 0.3) is 104 Å². The molecule has 0 amide bonds. The van der Waals surface area contributed by atoms with Crippen LogP contribution in [0.4, 0.5) is 0 Å². The Bertz CT molecular complexity index is 3270. The Morgan fingerprint density at radius 2 is 0.959 bits per heavy atom. The Kier molecular flexibility index (Phi) is 4.69. The van der Waals surface area contributed by atoms with Crippen molar-refractivity contribution < 1.29 is 0 Å². The molecule has 12 aromatic rings. The number of nitrogens with zero attached hydrogens (tertiary/aromatic N) is 4. The number of rotatable bonds is 2. The number of hydrogen-bond donors (Lipinski definition) is 0. The van der Waals surface area contributed by atoms with Crippen molar-refractivity contribution in [2.45, 2.75) is 0 Å². The van der Waals surface area contributed by atoms with Crippen molar-refractivity contribution in [1.29, 1.82) is 0 Å². The first-order chi connectivity index (χ1) is 24.3. The summed E-state index contributed by atoms with van der Waals surface area (Å²) < 4.78 is 7.31. The molecular formula is C45H26N4. The number of fused-ring (bicyclic) bond motifs is 15. The molecule has 0 aliphatic rings. The third-order valence-corrected chi connectivity index (χ3v) is 10.8. The molecule has 0 N–H and O–H groups in total. The van der Waals surface area contributed by atoms with Crippen LogP contribution >= 0.6 is 0 Å². The van der Waals surface area contributed by atoms with Crippen LogP contribution in [0.3, 0.4) is 0 Å². The Balaban J connectivity index is 1.20. The fourth-order valence-corrected chi connectivity index (χ4v) is 8.89. The predicted octanol–water partition coefficient (Wildman–Crippen LogP) is 11.6. The fourth-order valence-electron chi connectivity index (χ4n) is 8.89. The van der Waals surface area contributed by atoms with Gasteiger partial charge in [-0.2, -0.15) is 0 Å². The second-order valence-corrected chi connectivity index (χ2v) is 13.2. The van der Waals surface area contributed by atoms with Gasteiger partial charge < -0.3 is 13.5 Å². The minimum atomic E-state index is 1.11. The largest absolute Gasteiger partial charge is 0.309 e. The molecule has 0 saturated carbocycles. The first-order valence-electron chi connectivity index (χ1n) is 16.8. The summed E-state index contributed by atoms with van der Waals surface area (Å²) >= 11 is 0. The van der Waals surface area contributed by atoms with Gasteiger partial charge in [0.05, 0.1) is 44.8 Å². The average Bonchev–Trinajstić information content (AvgIpc) is 3.89. The Labute approximate surface area is 279 Å². The van der Waals surface area contributed by atoms with Crippen LogP contribution in [-0.2, 0) is 0 Å². The second-order valence-electron chi connectivity index (χ2n) is 13.2. The fraction of sp³-hybridized carbons (Fsp3) is 0. The summed E-state index contributed by atoms with van der Waals surface area (Å²) in [6.07, 6.45) is 3.85. The van der Waals surface area contributed by atoms with Crippen LogP contribution in [0.1, 0.15) is 0 Å². The lowest BCUT2D eigenvalue weighted by Crippen LogP contribution is -1.97. The molecule has 0 fully saturated rings. The van der Waals surface area contributed by atoms with Crippen LogP contribution < -0.4 is 0 Å². The van der Waals surface area contributed by atoms with E-state index >= 15 is 0 Å². The van der Waals surface area contributed by atoms with E-state index in [1.807, 2.05) is 12.4 Å². The summed E-state index contributed by atoms with van der Waals surface area (Å²) in [7, 11) is 0. The number of benzene rings is 7. The van der Waals surface area contributed by atoms with Crippen LogP contribution in [0.15, 0.2) is 158 Å². The van der Waals surface area contributed by atoms with Crippen molar-refractivity contribution in [2.75, 3.05) is 0 Å². The molecule has 0 spiro atoms. The molecule has 7 aromatic carbocycles. The number of aromatic nitrogens is 4. The zero-order valence-corrected chi connectivity index (χ0v) is 26.3. The molecule has 0 aliphatic carbocycles. The maximum atomic E-state index is 4.49. The molecule has 0 atom stereocenters. The molecular weight excluding hydrogens is 597 g/mol. The summed E-state index contributed by atoms with van der Waals surface area (Å²) in [6.45, 7) is 0. The Morgan fingerprint density at radius 3 is 1.73 bits per heavy atom. The van der Waals surface area contributed by atoms with Crippen molar-refractivity contribution in [2.24, 2.45) is 0 Å². The van der Waals surface area contributed by atoms with E-state index in [1.165, 1.54) is 87.0 Å². The SMILES string of the molecule is c1ccc2c(c1)ccc1c3c4c5ccccc5n(-c5ccc(-n6c7ccccc7c7ccncc76)cc5)c4cc4c5ccccc5n(c21)c43. The average molecular weight is 623 g/mol. The summed E-state index contributed by atoms with van der Waals surface area (Å²) in [5.74, 6) is 0. The zero-order valence-electron chi connectivity index (χ0n) is 26.3. The predicted molar refractivity (Wildman–Crippen MR) is 205 cm³/mol. The van der Waals surface area contributed by atoms with Crippen LogP contribution in [0.5, 0.6) is 0 Å². The van der Waals surface area contributed by atoms with Gasteiger partial charge in [-0.05, 0) is 60.0 Å². The van der Waals surface area contributed by atoms with Gasteiger partial charge in [0.15, 0.2) is 0 Å². The highest BCUT2D eigenvalue weighted by molar-refractivity contribution is 6.37. The lowest BCUT2D eigenvalue weighted by atomic mass is 10.00. The molecule has 5 heterocycles. The van der Waals surface area contributed by atoms with E-state index in [9.17, 15) is 0 Å². The van der Waals surface area contributed by atoms with E-state index in [0.29, 0.717) is 0 Å². The van der Waals surface area contributed by atoms with Gasteiger partial charge >= 0.3 is 0 Å². The summed E-state index contributed by atoms with van der Waals surface area (Å²) in [6, 6.07) is 53.4. The van der Waals surface area contributed by atoms with Gasteiger partial charge in [0.2, 0.25) is 0 Å². The van der Waals surface area contributed by atoms with Crippen LogP contribution in [0.2, 0.25) is 0 Å². The summed E-state index contributed by atoms with van der Waals surface area (Å²) in [5, 5.41) is 12.8. The van der Waals surface area contributed by atoms with Crippen molar-refractivity contribution in [3.8, 4) is 11.4 Å². The molecule has 226 valence electrons. The number of hydrogen-bond acceptors (Lipinski definition) is 1. The third-order valence-electron chi connectivity index (χ3n) is 10.8. The van der Waals surface area contributed by atoms with E-state index in [4.69, 9.17) is 0 Å². The molecule has 0 unspecified atom stereocenters. The van der Waals surface area contributed by atoms with Gasteiger partial charge in [0.1, 0.15) is 0 Å². The highest BCUT2D eigenvalue weighted by Gasteiger charge is 2.25. The molecule has 4 nitrogen and oxygen atoms in total. The second kappa shape index (κ2) is 9.03. The lowest BCUT2D eigenvalue weighted by molar-refractivity contribution is 1.14. The Morgan fingerprint density at radius 1 is 0.367 bits per heavy atom. The molecule has 49 heavy (non-hydrogen) atoms. The third kappa shape index (κ3) is 3.12. The van der Waals surface area contributed by atoms with E-state index in [-0.39, 0.29) is 0 Å². The minimum absolute atomic E-state index is 1.11. The number of para-hydroxylation sites is 3. The maximum absolute atomic E-state index is 4.49. The highest BCUT2D eigenvalue weighted by atomic mass is 15.0. The minimum Gasteiger partial charge on any atom is -0.309 e. The lowest BCUT2D eigenvalue weighted by Gasteiger charge is -2.12. The summed E-state index contributed by atoms with van der Waals surface area (Å²) in [5.41, 5.74) is 10.8. The molecule has 5 aromatic heterocycles. The standard InChI is InChI=1S/C45H26N4/c1-2-10-30-27(9-1)17-22-35-43-42-34-13-5-8-16-39(34)47(40(42)25-36-32-12-4-7-15-38(32)49(44(30)35)45(36)43)28-18-20-29(21-19-28)48-37-14-6-3-11-31(37)33-23-24-46-26-41(33)48/h1-26H. The monoisotopic (exact) mass is 622 g/mol. The smallest absolute Gasteiger partial charge is 0.0724 e. The van der Waals surface area contributed by atoms with Gasteiger partial charge in [-0.25, -0.2) is 0 Å². The first kappa shape index (κ1) is 25.4. The van der Waals surface area contributed by atoms with Gasteiger partial charge in [-0.3, -0.25) is 4.98 Å². The molecule has 12 rings (SSSR count). The molecule has 4 heteroatoms. The number of pyridine rings is 1. The van der Waals surface area contributed by atoms with E-state index in [2.05, 4.69) is 164 Å². The van der Waals surface area contributed by atoms with E-state index in [1.54, 1.807) is 0 Å². The molecule has 0 aliphatic heterocycles. The Hall–Kier alpha value is -6.65. The van der Waals surface area contributed by atoms with Gasteiger partial charge in [0.25, 0.3) is 0 Å². The first-order valence-corrected chi connectivity index (χ1v) is 16.8. The van der Waals surface area contributed by atoms with Crippen molar-refractivity contribution in [3.63, 3.8) is 0 Å². The quantitative estimate of drug-likeness (QED) is 0.188. The van der Waals surface area contributed by atoms with Crippen molar-refractivity contribution >= 4 is 92.5 Å². The van der Waals surface area contributed by atoms with E-state index in [0.717, 1.165) is 16.9 Å². The van der Waals surface area contributed by atoms with Gasteiger partial charge in [0, 0.05) is 66.0 Å². The van der Waals surface area contributed by atoms with Gasteiger partial charge in [-0.15, -0.1) is 0 Å². The normalized spacial score (nSPS) is 12.5. The summed E-state index contributed by atoms with van der Waals surface area (Å²) in [4.78, 5) is 4.49. The van der Waals surface area contributed by atoms with Crippen molar-refractivity contribution in [3.05, 3.63) is 158 Å². The molecule has 0 radical (unpaired) electrons. The molecule has 0 bridgehead atoms. The van der Waals surface area contributed by atoms with E-state index < -0.39 is 0 Å². The topological polar surface area (TPSA) is 27.2 Å². The van der Waals surface area contributed by atoms with Crippen LogP contribution in [-0.4, -0.2) is 18.5 Å². The molecule has 0 saturated heterocycles. The van der Waals surface area contributed by atoms with Crippen molar-refractivity contribution in [1.82, 2.24) is 18.5 Å². The van der Waals surface area contributed by atoms with Gasteiger partial charge in [-0.1, -0.05) is 91.0 Å². The zero-order chi connectivity index (χ0) is 31.8. The maximum Gasteiger partial charge on any atom is 0.0724 e. The highest BCUT2D eigenvalue weighted by Crippen LogP contribution is 2.48.